The van der Waals surface area contributed by atoms with Crippen LogP contribution < -0.4 is 10.6 Å². The fourth-order valence-electron chi connectivity index (χ4n) is 4.19. The molecule has 0 saturated carbocycles. The molecule has 2 aromatic carbocycles. The first-order valence-corrected chi connectivity index (χ1v) is 10.6. The molecule has 170 valence electrons. The minimum absolute atomic E-state index is 0.000351. The van der Waals surface area contributed by atoms with E-state index in [9.17, 15) is 18.4 Å². The number of nitrogens with one attached hydrogen (secondary N) is 3. The third-order valence-electron chi connectivity index (χ3n) is 5.75. The number of hydrogen-bond acceptors (Lipinski definition) is 2. The topological polar surface area (TPSA) is 81.6 Å². The number of anilines is 2. The Hall–Kier alpha value is -3.93. The maximum absolute atomic E-state index is 13.3. The van der Waals surface area contributed by atoms with Gasteiger partial charge in [0.1, 0.15) is 11.6 Å². The Balaban J connectivity index is 1.46. The number of likely N-dealkylation sites (tertiary alicyclic amines) is 1. The molecule has 1 aliphatic heterocycles. The Kier molecular flexibility index (Phi) is 6.27. The molecule has 33 heavy (non-hydrogen) atoms. The first-order valence-electron chi connectivity index (χ1n) is 10.6. The van der Waals surface area contributed by atoms with Crippen LogP contribution in [0, 0.1) is 24.1 Å². The van der Waals surface area contributed by atoms with Gasteiger partial charge in [-0.25, -0.2) is 20.1 Å². The van der Waals surface area contributed by atoms with Crippen molar-refractivity contribution in [2.45, 2.75) is 32.4 Å². The number of hydrogen-bond donors (Lipinski definition) is 3. The van der Waals surface area contributed by atoms with Crippen LogP contribution in [0.2, 0.25) is 0 Å². The molecule has 1 unspecified atom stereocenters. The molecule has 0 spiro atoms. The Morgan fingerprint density at radius 1 is 1.18 bits per heavy atom. The summed E-state index contributed by atoms with van der Waals surface area (Å²) in [6.45, 7) is 9.76. The standard InChI is InChI=1S/C24H23F2N5O2/c1-14(23(32)31-7-3-4-22(31)27-2)8-15-13-28-21-6-5-18(12-20(15)21)29-24(33)30-19-10-16(25)9-17(26)11-19/h5-6,9-14,22,28H,3-4,7-8H2,1H3,(H2,29,30,33)/t14?,22-/m0/s1. The maximum Gasteiger partial charge on any atom is 0.323 e. The van der Waals surface area contributed by atoms with Gasteiger partial charge in [0, 0.05) is 53.4 Å². The summed E-state index contributed by atoms with van der Waals surface area (Å²) in [5.41, 5.74) is 2.26. The average molecular weight is 451 g/mol. The number of H-pyrrole nitrogens is 1. The van der Waals surface area contributed by atoms with Gasteiger partial charge >= 0.3 is 12.2 Å². The van der Waals surface area contributed by atoms with E-state index in [1.165, 1.54) is 0 Å². The summed E-state index contributed by atoms with van der Waals surface area (Å²) in [7, 11) is 0. The molecule has 0 radical (unpaired) electrons. The molecular weight excluding hydrogens is 428 g/mol. The van der Waals surface area contributed by atoms with E-state index < -0.39 is 17.7 Å². The monoisotopic (exact) mass is 451 g/mol. The summed E-state index contributed by atoms with van der Waals surface area (Å²) in [6.07, 6.45) is 3.51. The minimum atomic E-state index is -0.788. The average Bonchev–Trinajstić information content (AvgIpc) is 3.39. The zero-order valence-electron chi connectivity index (χ0n) is 18.0. The molecule has 3 amide bonds. The predicted octanol–water partition coefficient (Wildman–Crippen LogP) is 5.14. The zero-order chi connectivity index (χ0) is 23.5. The minimum Gasteiger partial charge on any atom is -0.361 e. The fraction of sp³-hybridized carbons (Fsp3) is 0.292. The zero-order valence-corrected chi connectivity index (χ0v) is 18.0. The van der Waals surface area contributed by atoms with Gasteiger partial charge in [0.15, 0.2) is 0 Å². The van der Waals surface area contributed by atoms with Crippen molar-refractivity contribution < 1.29 is 18.4 Å². The van der Waals surface area contributed by atoms with Gasteiger partial charge in [0.2, 0.25) is 5.91 Å². The molecule has 1 saturated heterocycles. The number of nitrogens with zero attached hydrogens (tertiary/aromatic N) is 2. The Morgan fingerprint density at radius 2 is 1.91 bits per heavy atom. The van der Waals surface area contributed by atoms with Crippen LogP contribution in [-0.2, 0) is 11.2 Å². The highest BCUT2D eigenvalue weighted by Crippen LogP contribution is 2.27. The molecule has 0 aliphatic carbocycles. The van der Waals surface area contributed by atoms with Gasteiger partial charge < -0.3 is 15.6 Å². The van der Waals surface area contributed by atoms with Crippen LogP contribution in [0.1, 0.15) is 25.3 Å². The molecule has 2 atom stereocenters. The number of carbonyl (C=O) groups is 2. The van der Waals surface area contributed by atoms with Crippen LogP contribution in [0.4, 0.5) is 25.0 Å². The molecule has 2 heterocycles. The van der Waals surface area contributed by atoms with Crippen LogP contribution in [-0.4, -0.2) is 34.5 Å². The quantitative estimate of drug-likeness (QED) is 0.470. The fourth-order valence-corrected chi connectivity index (χ4v) is 4.19. The van der Waals surface area contributed by atoms with Crippen molar-refractivity contribution in [1.29, 1.82) is 0 Å². The lowest BCUT2D eigenvalue weighted by atomic mass is 9.99. The van der Waals surface area contributed by atoms with Gasteiger partial charge in [0.05, 0.1) is 0 Å². The molecule has 0 bridgehead atoms. The van der Waals surface area contributed by atoms with E-state index in [4.69, 9.17) is 6.57 Å². The van der Waals surface area contributed by atoms with Crippen molar-refractivity contribution in [2.75, 3.05) is 17.2 Å². The lowest BCUT2D eigenvalue weighted by Crippen LogP contribution is -2.38. The molecule has 1 aromatic heterocycles. The number of rotatable bonds is 5. The smallest absolute Gasteiger partial charge is 0.323 e. The third kappa shape index (κ3) is 4.95. The van der Waals surface area contributed by atoms with Crippen LogP contribution in [0.3, 0.4) is 0 Å². The molecular formula is C24H23F2N5O2. The largest absolute Gasteiger partial charge is 0.361 e. The molecule has 3 N–H and O–H groups in total. The van der Waals surface area contributed by atoms with Crippen molar-refractivity contribution in [2.24, 2.45) is 5.92 Å². The molecule has 7 nitrogen and oxygen atoms in total. The van der Waals surface area contributed by atoms with E-state index in [0.29, 0.717) is 25.1 Å². The van der Waals surface area contributed by atoms with Crippen LogP contribution in [0.15, 0.2) is 42.6 Å². The highest BCUT2D eigenvalue weighted by Gasteiger charge is 2.35. The van der Waals surface area contributed by atoms with E-state index in [2.05, 4.69) is 20.5 Å². The SMILES string of the molecule is [C-]#[N+][C@@H]1CCCN1C(=O)C(C)Cc1c[nH]c2ccc(NC(=O)Nc3cc(F)cc(F)c3)cc12. The number of urea groups is 1. The van der Waals surface area contributed by atoms with Gasteiger partial charge in [-0.05, 0) is 48.7 Å². The molecule has 4 rings (SSSR count). The van der Waals surface area contributed by atoms with Crippen molar-refractivity contribution in [3.8, 4) is 0 Å². The van der Waals surface area contributed by atoms with Gasteiger partial charge in [-0.2, -0.15) is 0 Å². The number of aromatic amines is 1. The number of fused-ring (bicyclic) bond motifs is 1. The second-order valence-corrected chi connectivity index (χ2v) is 8.20. The molecule has 1 aliphatic rings. The third-order valence-corrected chi connectivity index (χ3v) is 5.75. The number of carbonyl (C=O) groups excluding carboxylic acids is 2. The summed E-state index contributed by atoms with van der Waals surface area (Å²) in [6, 6.07) is 7.41. The predicted molar refractivity (Wildman–Crippen MR) is 122 cm³/mol. The molecule has 1 fully saturated rings. The maximum atomic E-state index is 13.3. The first-order chi connectivity index (χ1) is 15.8. The summed E-state index contributed by atoms with van der Waals surface area (Å²) in [5.74, 6) is -1.90. The highest BCUT2D eigenvalue weighted by molar-refractivity contribution is 6.01. The van der Waals surface area contributed by atoms with Crippen molar-refractivity contribution in [1.82, 2.24) is 9.88 Å². The van der Waals surface area contributed by atoms with Crippen molar-refractivity contribution in [3.63, 3.8) is 0 Å². The number of benzene rings is 2. The van der Waals surface area contributed by atoms with Crippen LogP contribution in [0.25, 0.3) is 15.7 Å². The lowest BCUT2D eigenvalue weighted by molar-refractivity contribution is -0.135. The van der Waals surface area contributed by atoms with Gasteiger partial charge in [-0.15, -0.1) is 0 Å². The van der Waals surface area contributed by atoms with Gasteiger partial charge in [-0.1, -0.05) is 6.92 Å². The molecule has 9 heteroatoms. The normalized spacial score (nSPS) is 16.4. The lowest BCUT2D eigenvalue weighted by Gasteiger charge is -2.20. The van der Waals surface area contributed by atoms with E-state index >= 15 is 0 Å². The van der Waals surface area contributed by atoms with Crippen LogP contribution >= 0.6 is 0 Å². The Morgan fingerprint density at radius 3 is 2.64 bits per heavy atom. The summed E-state index contributed by atoms with van der Waals surface area (Å²) >= 11 is 0. The van der Waals surface area contributed by atoms with E-state index in [-0.39, 0.29) is 23.7 Å². The second kappa shape index (κ2) is 9.28. The Labute approximate surface area is 189 Å². The summed E-state index contributed by atoms with van der Waals surface area (Å²) < 4.78 is 26.7. The van der Waals surface area contributed by atoms with E-state index in [1.807, 2.05) is 13.1 Å². The van der Waals surface area contributed by atoms with Crippen molar-refractivity contribution >= 4 is 34.2 Å². The van der Waals surface area contributed by atoms with Gasteiger partial charge in [-0.3, -0.25) is 14.5 Å². The Bertz CT molecular complexity index is 1230. The van der Waals surface area contributed by atoms with E-state index in [1.54, 1.807) is 23.1 Å². The van der Waals surface area contributed by atoms with Gasteiger partial charge in [0.25, 0.3) is 0 Å². The summed E-state index contributed by atoms with van der Waals surface area (Å²) in [4.78, 5) is 33.5. The number of amides is 3. The van der Waals surface area contributed by atoms with Crippen LogP contribution in [0.5, 0.6) is 0 Å². The number of halogens is 2. The summed E-state index contributed by atoms with van der Waals surface area (Å²) in [5, 5.41) is 5.91. The first kappa shape index (κ1) is 22.3. The highest BCUT2D eigenvalue weighted by atomic mass is 19.1. The second-order valence-electron chi connectivity index (χ2n) is 8.20. The van der Waals surface area contributed by atoms with Crippen molar-refractivity contribution in [3.05, 3.63) is 71.2 Å². The molecule has 3 aromatic rings. The van der Waals surface area contributed by atoms with E-state index in [0.717, 1.165) is 41.1 Å². The number of aromatic nitrogens is 1.